The zero-order valence-electron chi connectivity index (χ0n) is 11.6. The van der Waals surface area contributed by atoms with Crippen molar-refractivity contribution in [1.82, 2.24) is 0 Å². The van der Waals surface area contributed by atoms with E-state index in [1.165, 1.54) is 0 Å². The summed E-state index contributed by atoms with van der Waals surface area (Å²) in [6, 6.07) is 0. The monoisotopic (exact) mass is 257 g/mol. The van der Waals surface area contributed by atoms with Gasteiger partial charge in [0.15, 0.2) is 11.6 Å². The zero-order valence-corrected chi connectivity index (χ0v) is 11.6. The molecule has 0 radical (unpaired) electrons. The second-order valence-electron chi connectivity index (χ2n) is 6.62. The van der Waals surface area contributed by atoms with E-state index in [1.54, 1.807) is 0 Å². The van der Waals surface area contributed by atoms with Gasteiger partial charge < -0.3 is 24.7 Å². The van der Waals surface area contributed by atoms with E-state index in [4.69, 9.17) is 24.7 Å². The van der Waals surface area contributed by atoms with E-state index in [1.807, 2.05) is 27.7 Å². The minimum Gasteiger partial charge on any atom is -0.348 e. The van der Waals surface area contributed by atoms with Crippen LogP contribution in [-0.2, 0) is 18.9 Å². The van der Waals surface area contributed by atoms with Gasteiger partial charge in [0, 0.05) is 5.54 Å². The zero-order chi connectivity index (χ0) is 13.2. The summed E-state index contributed by atoms with van der Waals surface area (Å²) in [5, 5.41) is 0. The molecule has 0 spiro atoms. The molecule has 3 fully saturated rings. The predicted molar refractivity (Wildman–Crippen MR) is 64.9 cm³/mol. The second-order valence-corrected chi connectivity index (χ2v) is 6.62. The lowest BCUT2D eigenvalue weighted by molar-refractivity contribution is -0.175. The number of nitrogens with two attached hydrogens (primary N) is 1. The molecule has 0 bridgehead atoms. The molecule has 5 nitrogen and oxygen atoms in total. The summed E-state index contributed by atoms with van der Waals surface area (Å²) in [4.78, 5) is 0. The molecule has 2 saturated heterocycles. The van der Waals surface area contributed by atoms with E-state index >= 15 is 0 Å². The summed E-state index contributed by atoms with van der Waals surface area (Å²) < 4.78 is 23.5. The SMILES string of the molecule is CC1(C)OC[C@@H]([C@@H]2OC(C)(C)O[C@H]2C2(N)CC2)O1. The maximum atomic E-state index is 6.30. The Balaban J connectivity index is 1.77. The van der Waals surface area contributed by atoms with Gasteiger partial charge in [0.1, 0.15) is 18.3 Å². The van der Waals surface area contributed by atoms with Gasteiger partial charge in [-0.25, -0.2) is 0 Å². The van der Waals surface area contributed by atoms with Crippen molar-refractivity contribution < 1.29 is 18.9 Å². The molecule has 0 amide bonds. The summed E-state index contributed by atoms with van der Waals surface area (Å²) in [5.74, 6) is -1.14. The third kappa shape index (κ3) is 2.18. The maximum Gasteiger partial charge on any atom is 0.163 e. The van der Waals surface area contributed by atoms with Gasteiger partial charge >= 0.3 is 0 Å². The minimum absolute atomic E-state index is 0.102. The van der Waals surface area contributed by atoms with Gasteiger partial charge in [-0.3, -0.25) is 0 Å². The van der Waals surface area contributed by atoms with Crippen molar-refractivity contribution in [2.75, 3.05) is 6.61 Å². The Morgan fingerprint density at radius 1 is 0.944 bits per heavy atom. The highest BCUT2D eigenvalue weighted by molar-refractivity contribution is 5.11. The van der Waals surface area contributed by atoms with Gasteiger partial charge in [0.05, 0.1) is 6.61 Å². The van der Waals surface area contributed by atoms with Crippen molar-refractivity contribution in [2.24, 2.45) is 5.73 Å². The molecule has 18 heavy (non-hydrogen) atoms. The fourth-order valence-electron chi connectivity index (χ4n) is 2.81. The van der Waals surface area contributed by atoms with Crippen molar-refractivity contribution in [3.05, 3.63) is 0 Å². The lowest BCUT2D eigenvalue weighted by Gasteiger charge is -2.26. The fraction of sp³-hybridized carbons (Fsp3) is 1.00. The second kappa shape index (κ2) is 3.67. The average molecular weight is 257 g/mol. The van der Waals surface area contributed by atoms with Gasteiger partial charge in [-0.2, -0.15) is 0 Å². The third-order valence-electron chi connectivity index (χ3n) is 3.92. The van der Waals surface area contributed by atoms with Gasteiger partial charge in [-0.1, -0.05) is 0 Å². The Morgan fingerprint density at radius 3 is 2.11 bits per heavy atom. The van der Waals surface area contributed by atoms with Crippen LogP contribution in [0.15, 0.2) is 0 Å². The maximum absolute atomic E-state index is 6.30. The van der Waals surface area contributed by atoms with Gasteiger partial charge in [-0.15, -0.1) is 0 Å². The van der Waals surface area contributed by atoms with Gasteiger partial charge in [-0.05, 0) is 40.5 Å². The first-order valence-corrected chi connectivity index (χ1v) is 6.67. The molecule has 0 aromatic rings. The molecule has 2 N–H and O–H groups in total. The lowest BCUT2D eigenvalue weighted by Crippen LogP contribution is -2.49. The first-order valence-electron chi connectivity index (χ1n) is 6.67. The molecule has 104 valence electrons. The predicted octanol–water partition coefficient (Wildman–Crippen LogP) is 1.15. The molecule has 3 aliphatic rings. The number of hydrogen-bond acceptors (Lipinski definition) is 5. The number of rotatable bonds is 2. The van der Waals surface area contributed by atoms with Crippen molar-refractivity contribution in [3.8, 4) is 0 Å². The highest BCUT2D eigenvalue weighted by atomic mass is 16.8. The van der Waals surface area contributed by atoms with Crippen molar-refractivity contribution in [2.45, 2.75) is 76.0 Å². The van der Waals surface area contributed by atoms with Crippen LogP contribution in [0.1, 0.15) is 40.5 Å². The number of hydrogen-bond donors (Lipinski definition) is 1. The standard InChI is InChI=1S/C13H23NO4/c1-11(2)15-7-8(16-11)9-10(13(14)5-6-13)18-12(3,4)17-9/h8-10H,5-7,14H2,1-4H3/t8-,9-,10+/m0/s1. The Bertz CT molecular complexity index is 351. The molecule has 0 aromatic heterocycles. The van der Waals surface area contributed by atoms with Gasteiger partial charge in [0.2, 0.25) is 0 Å². The topological polar surface area (TPSA) is 62.9 Å². The van der Waals surface area contributed by atoms with Crippen LogP contribution >= 0.6 is 0 Å². The van der Waals surface area contributed by atoms with Crippen LogP contribution in [0.3, 0.4) is 0 Å². The molecule has 3 atom stereocenters. The summed E-state index contributed by atoms with van der Waals surface area (Å²) >= 11 is 0. The highest BCUT2D eigenvalue weighted by Gasteiger charge is 2.60. The van der Waals surface area contributed by atoms with Crippen LogP contribution in [-0.4, -0.2) is 42.0 Å². The first kappa shape index (κ1) is 12.8. The van der Waals surface area contributed by atoms with E-state index < -0.39 is 11.6 Å². The van der Waals surface area contributed by atoms with E-state index in [2.05, 4.69) is 0 Å². The van der Waals surface area contributed by atoms with E-state index in [-0.39, 0.29) is 23.9 Å². The smallest absolute Gasteiger partial charge is 0.163 e. The molecule has 0 aromatic carbocycles. The number of ether oxygens (including phenoxy) is 4. The molecule has 5 heteroatoms. The highest BCUT2D eigenvalue weighted by Crippen LogP contribution is 2.47. The molecular weight excluding hydrogens is 234 g/mol. The molecule has 1 saturated carbocycles. The average Bonchev–Trinajstić information content (AvgIpc) is 2.73. The van der Waals surface area contributed by atoms with Crippen LogP contribution in [0.25, 0.3) is 0 Å². The minimum atomic E-state index is -0.597. The van der Waals surface area contributed by atoms with Crippen LogP contribution in [0.2, 0.25) is 0 Å². The Hall–Kier alpha value is -0.200. The molecule has 1 aliphatic carbocycles. The molecular formula is C13H23NO4. The van der Waals surface area contributed by atoms with Crippen LogP contribution in [0, 0.1) is 0 Å². The van der Waals surface area contributed by atoms with Crippen molar-refractivity contribution >= 4 is 0 Å². The quantitative estimate of drug-likeness (QED) is 0.804. The molecule has 2 aliphatic heterocycles. The van der Waals surface area contributed by atoms with Gasteiger partial charge in [0.25, 0.3) is 0 Å². The lowest BCUT2D eigenvalue weighted by atomic mass is 10.0. The summed E-state index contributed by atoms with van der Waals surface area (Å²) in [7, 11) is 0. The summed E-state index contributed by atoms with van der Waals surface area (Å²) in [5.41, 5.74) is 6.06. The van der Waals surface area contributed by atoms with Crippen LogP contribution in [0.4, 0.5) is 0 Å². The van der Waals surface area contributed by atoms with E-state index in [9.17, 15) is 0 Å². The summed E-state index contributed by atoms with van der Waals surface area (Å²) in [6.07, 6.45) is 1.63. The molecule has 0 unspecified atom stereocenters. The Kier molecular flexibility index (Phi) is 2.61. The molecule has 3 rings (SSSR count). The van der Waals surface area contributed by atoms with Crippen LogP contribution < -0.4 is 5.73 Å². The largest absolute Gasteiger partial charge is 0.348 e. The van der Waals surface area contributed by atoms with Crippen molar-refractivity contribution in [3.63, 3.8) is 0 Å². The first-order chi connectivity index (χ1) is 8.21. The summed E-state index contributed by atoms with van der Waals surface area (Å²) in [6.45, 7) is 8.21. The third-order valence-corrected chi connectivity index (χ3v) is 3.92. The van der Waals surface area contributed by atoms with Crippen molar-refractivity contribution in [1.29, 1.82) is 0 Å². The Morgan fingerprint density at radius 2 is 1.61 bits per heavy atom. The normalized spacial score (nSPS) is 44.2. The van der Waals surface area contributed by atoms with E-state index in [0.29, 0.717) is 6.61 Å². The van der Waals surface area contributed by atoms with Crippen LogP contribution in [0.5, 0.6) is 0 Å². The fourth-order valence-corrected chi connectivity index (χ4v) is 2.81. The molecule has 2 heterocycles. The Labute approximate surface area is 108 Å². The van der Waals surface area contributed by atoms with E-state index in [0.717, 1.165) is 12.8 Å².